The number of carbonyl (C=O) groups is 1. The molecule has 0 atom stereocenters. The first-order valence-electron chi connectivity index (χ1n) is 11.3. The number of H-pyrrole nitrogens is 1. The van der Waals surface area contributed by atoms with E-state index in [0.717, 1.165) is 45.0 Å². The Morgan fingerprint density at radius 1 is 0.861 bits per heavy atom. The highest BCUT2D eigenvalue weighted by molar-refractivity contribution is 7.90. The standard InChI is InChI=1S/C28H20N4O3S/c1-18-5-11-22(12-6-18)36(34,35)32-16-26(23-3-2-4-27-25(23)15-30-31-27)24-13-21(14-29-28(24)32)20-9-7-19(17-33)8-10-20/h2-17H,1H3,(H,30,31). The molecule has 0 spiro atoms. The molecular formula is C28H20N4O3S. The van der Waals surface area contributed by atoms with Crippen LogP contribution in [0.1, 0.15) is 15.9 Å². The van der Waals surface area contributed by atoms with Crippen LogP contribution in [-0.4, -0.2) is 33.9 Å². The van der Waals surface area contributed by atoms with Crippen LogP contribution in [0.5, 0.6) is 0 Å². The molecule has 3 aromatic heterocycles. The van der Waals surface area contributed by atoms with Gasteiger partial charge in [0.25, 0.3) is 10.0 Å². The van der Waals surface area contributed by atoms with Gasteiger partial charge in [-0.05, 0) is 42.3 Å². The number of benzene rings is 3. The Balaban J connectivity index is 1.63. The van der Waals surface area contributed by atoms with Crippen molar-refractivity contribution in [1.82, 2.24) is 19.2 Å². The molecular weight excluding hydrogens is 472 g/mol. The van der Waals surface area contributed by atoms with Crippen LogP contribution in [0.2, 0.25) is 0 Å². The van der Waals surface area contributed by atoms with Gasteiger partial charge >= 0.3 is 0 Å². The van der Waals surface area contributed by atoms with Crippen LogP contribution in [-0.2, 0) is 10.0 Å². The van der Waals surface area contributed by atoms with E-state index in [1.54, 1.807) is 55.0 Å². The molecule has 0 aliphatic heterocycles. The fourth-order valence-corrected chi connectivity index (χ4v) is 5.74. The molecule has 8 heteroatoms. The molecule has 0 aliphatic rings. The van der Waals surface area contributed by atoms with Crippen molar-refractivity contribution in [3.8, 4) is 22.3 Å². The molecule has 3 heterocycles. The van der Waals surface area contributed by atoms with Gasteiger partial charge in [0.1, 0.15) is 6.29 Å². The second-order valence-corrected chi connectivity index (χ2v) is 10.4. The SMILES string of the molecule is Cc1ccc(S(=O)(=O)n2cc(-c3cccc4[nH]ncc34)c3cc(-c4ccc(C=O)cc4)cnc32)cc1. The van der Waals surface area contributed by atoms with Crippen molar-refractivity contribution in [2.75, 3.05) is 0 Å². The summed E-state index contributed by atoms with van der Waals surface area (Å²) in [6.45, 7) is 1.91. The van der Waals surface area contributed by atoms with Crippen LogP contribution in [0, 0.1) is 6.92 Å². The molecule has 3 aromatic carbocycles. The van der Waals surface area contributed by atoms with Gasteiger partial charge in [0, 0.05) is 39.9 Å². The van der Waals surface area contributed by atoms with E-state index in [1.807, 2.05) is 43.3 Å². The van der Waals surface area contributed by atoms with E-state index in [0.29, 0.717) is 16.6 Å². The van der Waals surface area contributed by atoms with Crippen LogP contribution in [0.4, 0.5) is 0 Å². The van der Waals surface area contributed by atoms with Gasteiger partial charge in [-0.2, -0.15) is 5.10 Å². The number of aromatic nitrogens is 4. The van der Waals surface area contributed by atoms with E-state index in [2.05, 4.69) is 15.2 Å². The maximum atomic E-state index is 13.7. The highest BCUT2D eigenvalue weighted by Crippen LogP contribution is 2.37. The summed E-state index contributed by atoms with van der Waals surface area (Å²) in [7, 11) is -3.90. The highest BCUT2D eigenvalue weighted by atomic mass is 32.2. The van der Waals surface area contributed by atoms with Gasteiger partial charge in [0.05, 0.1) is 16.6 Å². The van der Waals surface area contributed by atoms with Crippen molar-refractivity contribution in [2.45, 2.75) is 11.8 Å². The molecule has 6 rings (SSSR count). The Morgan fingerprint density at radius 3 is 2.39 bits per heavy atom. The predicted octanol–water partition coefficient (Wildman–Crippen LogP) is 5.60. The molecule has 0 saturated heterocycles. The third kappa shape index (κ3) is 3.50. The number of nitrogens with zero attached hydrogens (tertiary/aromatic N) is 3. The zero-order valence-electron chi connectivity index (χ0n) is 19.2. The Bertz CT molecular complexity index is 1870. The highest BCUT2D eigenvalue weighted by Gasteiger charge is 2.24. The zero-order valence-corrected chi connectivity index (χ0v) is 20.0. The Labute approximate surface area is 207 Å². The maximum absolute atomic E-state index is 13.7. The predicted molar refractivity (Wildman–Crippen MR) is 139 cm³/mol. The normalized spacial score (nSPS) is 11.8. The molecule has 0 fully saturated rings. The second kappa shape index (κ2) is 8.28. The molecule has 36 heavy (non-hydrogen) atoms. The van der Waals surface area contributed by atoms with E-state index in [9.17, 15) is 13.2 Å². The second-order valence-electron chi connectivity index (χ2n) is 8.63. The minimum absolute atomic E-state index is 0.188. The first-order chi connectivity index (χ1) is 17.5. The number of pyridine rings is 1. The average molecular weight is 493 g/mol. The fourth-order valence-electron chi connectivity index (χ4n) is 4.42. The summed E-state index contributed by atoms with van der Waals surface area (Å²) >= 11 is 0. The van der Waals surface area contributed by atoms with Gasteiger partial charge < -0.3 is 0 Å². The van der Waals surface area contributed by atoms with E-state index in [-0.39, 0.29) is 4.90 Å². The number of fused-ring (bicyclic) bond motifs is 2. The molecule has 0 aliphatic carbocycles. The topological polar surface area (TPSA) is 97.7 Å². The van der Waals surface area contributed by atoms with Crippen molar-refractivity contribution in [2.24, 2.45) is 0 Å². The minimum Gasteiger partial charge on any atom is -0.298 e. The molecule has 0 unspecified atom stereocenters. The van der Waals surface area contributed by atoms with Gasteiger partial charge in [-0.25, -0.2) is 17.4 Å². The molecule has 7 nitrogen and oxygen atoms in total. The third-order valence-corrected chi connectivity index (χ3v) is 8.01. The molecule has 1 N–H and O–H groups in total. The van der Waals surface area contributed by atoms with Crippen molar-refractivity contribution in [3.05, 3.63) is 103 Å². The van der Waals surface area contributed by atoms with Crippen molar-refractivity contribution in [3.63, 3.8) is 0 Å². The van der Waals surface area contributed by atoms with Gasteiger partial charge in [0.15, 0.2) is 5.65 Å². The molecule has 0 amide bonds. The van der Waals surface area contributed by atoms with Gasteiger partial charge in [0.2, 0.25) is 0 Å². The first-order valence-corrected chi connectivity index (χ1v) is 12.7. The van der Waals surface area contributed by atoms with Crippen molar-refractivity contribution in [1.29, 1.82) is 0 Å². The number of aromatic amines is 1. The Hall–Kier alpha value is -4.56. The smallest absolute Gasteiger partial charge is 0.269 e. The van der Waals surface area contributed by atoms with Crippen LogP contribution in [0.25, 0.3) is 44.2 Å². The largest absolute Gasteiger partial charge is 0.298 e. The monoisotopic (exact) mass is 492 g/mol. The summed E-state index contributed by atoms with van der Waals surface area (Å²) < 4.78 is 28.7. The van der Waals surface area contributed by atoms with Crippen LogP contribution in [0.3, 0.4) is 0 Å². The van der Waals surface area contributed by atoms with Gasteiger partial charge in [-0.1, -0.05) is 54.1 Å². The zero-order chi connectivity index (χ0) is 24.9. The molecule has 0 saturated carbocycles. The summed E-state index contributed by atoms with van der Waals surface area (Å²) in [5.74, 6) is 0. The number of carbonyl (C=O) groups excluding carboxylic acids is 1. The number of aryl methyl sites for hydroxylation is 1. The van der Waals surface area contributed by atoms with Crippen LogP contribution >= 0.6 is 0 Å². The van der Waals surface area contributed by atoms with Crippen LogP contribution in [0.15, 0.2) is 96.3 Å². The van der Waals surface area contributed by atoms with E-state index in [4.69, 9.17) is 0 Å². The molecule has 176 valence electrons. The summed E-state index contributed by atoms with van der Waals surface area (Å²) in [4.78, 5) is 15.9. The molecule has 0 radical (unpaired) electrons. The maximum Gasteiger partial charge on any atom is 0.269 e. The quantitative estimate of drug-likeness (QED) is 0.316. The van der Waals surface area contributed by atoms with Crippen LogP contribution < -0.4 is 0 Å². The lowest BCUT2D eigenvalue weighted by Gasteiger charge is -2.08. The average Bonchev–Trinajstić information content (AvgIpc) is 3.54. The lowest BCUT2D eigenvalue weighted by Crippen LogP contribution is -2.12. The Morgan fingerprint density at radius 2 is 1.64 bits per heavy atom. The Kier molecular flexibility index (Phi) is 5.05. The fraction of sp³-hybridized carbons (Fsp3) is 0.0357. The van der Waals surface area contributed by atoms with E-state index >= 15 is 0 Å². The lowest BCUT2D eigenvalue weighted by atomic mass is 10.00. The van der Waals surface area contributed by atoms with E-state index in [1.165, 1.54) is 3.97 Å². The molecule has 6 aromatic rings. The number of hydrogen-bond acceptors (Lipinski definition) is 5. The summed E-state index contributed by atoms with van der Waals surface area (Å²) in [5, 5.41) is 8.71. The minimum atomic E-state index is -3.90. The van der Waals surface area contributed by atoms with Gasteiger partial charge in [-0.3, -0.25) is 9.89 Å². The number of nitrogens with one attached hydrogen (secondary N) is 1. The first kappa shape index (κ1) is 21.9. The van der Waals surface area contributed by atoms with Crippen molar-refractivity contribution < 1.29 is 13.2 Å². The summed E-state index contributed by atoms with van der Waals surface area (Å²) in [5.41, 5.74) is 5.99. The number of hydrogen-bond donors (Lipinski definition) is 1. The lowest BCUT2D eigenvalue weighted by molar-refractivity contribution is 0.112. The summed E-state index contributed by atoms with van der Waals surface area (Å²) in [6.07, 6.45) is 5.82. The number of aldehydes is 1. The molecule has 0 bridgehead atoms. The third-order valence-electron chi connectivity index (χ3n) is 6.34. The van der Waals surface area contributed by atoms with Crippen molar-refractivity contribution >= 4 is 38.2 Å². The number of rotatable bonds is 5. The summed E-state index contributed by atoms with van der Waals surface area (Å²) in [6, 6.07) is 21.7. The van der Waals surface area contributed by atoms with E-state index < -0.39 is 10.0 Å². The van der Waals surface area contributed by atoms with Gasteiger partial charge in [-0.15, -0.1) is 0 Å².